The van der Waals surface area contributed by atoms with E-state index in [1.165, 1.54) is 43.2 Å². The average Bonchev–Trinajstić information content (AvgIpc) is 2.80. The minimum absolute atomic E-state index is 0.573. The molecule has 0 radical (unpaired) electrons. The van der Waals surface area contributed by atoms with Crippen molar-refractivity contribution in [3.05, 3.63) is 35.4 Å². The maximum atomic E-state index is 5.95. The lowest BCUT2D eigenvalue weighted by Gasteiger charge is -2.21. The van der Waals surface area contributed by atoms with Gasteiger partial charge in [0.05, 0.1) is 0 Å². The quantitative estimate of drug-likeness (QED) is 0.819. The van der Waals surface area contributed by atoms with E-state index in [0.29, 0.717) is 5.92 Å². The zero-order valence-corrected chi connectivity index (χ0v) is 10.3. The van der Waals surface area contributed by atoms with E-state index in [9.17, 15) is 0 Å². The van der Waals surface area contributed by atoms with Crippen LogP contribution in [0.15, 0.2) is 24.3 Å². The van der Waals surface area contributed by atoms with Crippen LogP contribution in [-0.4, -0.2) is 6.54 Å². The second-order valence-corrected chi connectivity index (χ2v) is 5.18. The summed E-state index contributed by atoms with van der Waals surface area (Å²) in [7, 11) is 0. The molecule has 1 fully saturated rings. The summed E-state index contributed by atoms with van der Waals surface area (Å²) in [6, 6.07) is 8.70. The van der Waals surface area contributed by atoms with Gasteiger partial charge in [0, 0.05) is 0 Å². The summed E-state index contributed by atoms with van der Waals surface area (Å²) in [5.41, 5.74) is 8.82. The number of hydrogen-bond donors (Lipinski definition) is 1. The third-order valence-electron chi connectivity index (χ3n) is 4.01. The average molecular weight is 217 g/mol. The molecule has 1 aromatic carbocycles. The second kappa shape index (κ2) is 5.49. The molecule has 2 rings (SSSR count). The lowest BCUT2D eigenvalue weighted by atomic mass is 9.86. The summed E-state index contributed by atoms with van der Waals surface area (Å²) < 4.78 is 0. The fourth-order valence-electron chi connectivity index (χ4n) is 3.04. The highest BCUT2D eigenvalue weighted by atomic mass is 14.6. The van der Waals surface area contributed by atoms with Crippen molar-refractivity contribution < 1.29 is 0 Å². The topological polar surface area (TPSA) is 26.0 Å². The van der Waals surface area contributed by atoms with Crippen LogP contribution in [0.4, 0.5) is 0 Å². The molecule has 2 N–H and O–H groups in total. The van der Waals surface area contributed by atoms with Crippen LogP contribution < -0.4 is 5.73 Å². The molecule has 0 spiro atoms. The number of rotatable bonds is 4. The van der Waals surface area contributed by atoms with Gasteiger partial charge in [0.15, 0.2) is 0 Å². The fraction of sp³-hybridized carbons (Fsp3) is 0.600. The molecular formula is C15H23N. The zero-order chi connectivity index (χ0) is 11.4. The molecule has 0 saturated heterocycles. The molecule has 1 nitrogen and oxygen atoms in total. The van der Waals surface area contributed by atoms with Gasteiger partial charge in [-0.1, -0.05) is 49.9 Å². The van der Waals surface area contributed by atoms with E-state index in [2.05, 4.69) is 31.2 Å². The lowest BCUT2D eigenvalue weighted by molar-refractivity contribution is 0.447. The van der Waals surface area contributed by atoms with Crippen LogP contribution in [0.1, 0.15) is 49.1 Å². The Morgan fingerprint density at radius 1 is 1.25 bits per heavy atom. The maximum absolute atomic E-state index is 5.95. The van der Waals surface area contributed by atoms with Crippen LogP contribution >= 0.6 is 0 Å². The number of hydrogen-bond acceptors (Lipinski definition) is 1. The van der Waals surface area contributed by atoms with Gasteiger partial charge in [-0.05, 0) is 42.9 Å². The Hall–Kier alpha value is -0.820. The molecule has 1 aliphatic rings. The number of nitrogens with two attached hydrogens (primary N) is 1. The van der Waals surface area contributed by atoms with Gasteiger partial charge in [-0.2, -0.15) is 0 Å². The Morgan fingerprint density at radius 2 is 1.94 bits per heavy atom. The minimum Gasteiger partial charge on any atom is -0.330 e. The van der Waals surface area contributed by atoms with Crippen LogP contribution in [0.5, 0.6) is 0 Å². The summed E-state index contributed by atoms with van der Waals surface area (Å²) in [6.07, 6.45) is 6.98. The van der Waals surface area contributed by atoms with Crippen molar-refractivity contribution in [2.45, 2.75) is 44.9 Å². The van der Waals surface area contributed by atoms with Crippen molar-refractivity contribution in [2.24, 2.45) is 11.7 Å². The van der Waals surface area contributed by atoms with Crippen molar-refractivity contribution in [3.63, 3.8) is 0 Å². The fourth-order valence-corrected chi connectivity index (χ4v) is 3.04. The molecule has 1 aromatic rings. The van der Waals surface area contributed by atoms with Gasteiger partial charge in [0.2, 0.25) is 0 Å². The first-order valence-electron chi connectivity index (χ1n) is 6.57. The SMILES string of the molecule is Cc1ccccc1C(CN)CC1CCCC1. The van der Waals surface area contributed by atoms with E-state index >= 15 is 0 Å². The highest BCUT2D eigenvalue weighted by Crippen LogP contribution is 2.34. The third kappa shape index (κ3) is 2.65. The van der Waals surface area contributed by atoms with Gasteiger partial charge in [-0.15, -0.1) is 0 Å². The lowest BCUT2D eigenvalue weighted by Crippen LogP contribution is -2.16. The third-order valence-corrected chi connectivity index (χ3v) is 4.01. The highest BCUT2D eigenvalue weighted by molar-refractivity contribution is 5.29. The van der Waals surface area contributed by atoms with Crippen molar-refractivity contribution >= 4 is 0 Å². The van der Waals surface area contributed by atoms with Crippen molar-refractivity contribution in [2.75, 3.05) is 6.54 Å². The molecular weight excluding hydrogens is 194 g/mol. The van der Waals surface area contributed by atoms with E-state index < -0.39 is 0 Å². The van der Waals surface area contributed by atoms with Crippen LogP contribution in [0.25, 0.3) is 0 Å². The van der Waals surface area contributed by atoms with Gasteiger partial charge in [0.25, 0.3) is 0 Å². The largest absolute Gasteiger partial charge is 0.330 e. The molecule has 0 heterocycles. The first kappa shape index (κ1) is 11.7. The molecule has 1 heteroatoms. The van der Waals surface area contributed by atoms with Crippen LogP contribution in [0.3, 0.4) is 0 Å². The zero-order valence-electron chi connectivity index (χ0n) is 10.3. The highest BCUT2D eigenvalue weighted by Gasteiger charge is 2.21. The van der Waals surface area contributed by atoms with Crippen LogP contribution in [0.2, 0.25) is 0 Å². The molecule has 16 heavy (non-hydrogen) atoms. The predicted octanol–water partition coefficient (Wildman–Crippen LogP) is 3.62. The van der Waals surface area contributed by atoms with E-state index in [1.54, 1.807) is 0 Å². The molecule has 0 aromatic heterocycles. The van der Waals surface area contributed by atoms with E-state index in [-0.39, 0.29) is 0 Å². The minimum atomic E-state index is 0.573. The Balaban J connectivity index is 2.06. The van der Waals surface area contributed by atoms with E-state index in [0.717, 1.165) is 12.5 Å². The smallest absolute Gasteiger partial charge is 0.000803 e. The number of benzene rings is 1. The molecule has 1 unspecified atom stereocenters. The van der Waals surface area contributed by atoms with Crippen molar-refractivity contribution in [3.8, 4) is 0 Å². The standard InChI is InChI=1S/C15H23N/c1-12-6-2-5-9-15(12)14(11-16)10-13-7-3-4-8-13/h2,5-6,9,13-14H,3-4,7-8,10-11,16H2,1H3. The molecule has 1 saturated carbocycles. The first-order chi connectivity index (χ1) is 7.81. The van der Waals surface area contributed by atoms with Gasteiger partial charge < -0.3 is 5.73 Å². The van der Waals surface area contributed by atoms with Gasteiger partial charge >= 0.3 is 0 Å². The van der Waals surface area contributed by atoms with Gasteiger partial charge in [-0.25, -0.2) is 0 Å². The Labute approximate surface area is 99.0 Å². The molecule has 88 valence electrons. The summed E-state index contributed by atoms with van der Waals surface area (Å²) in [6.45, 7) is 2.99. The Morgan fingerprint density at radius 3 is 2.56 bits per heavy atom. The first-order valence-corrected chi connectivity index (χ1v) is 6.57. The van der Waals surface area contributed by atoms with E-state index in [1.807, 2.05) is 0 Å². The number of aryl methyl sites for hydroxylation is 1. The molecule has 0 amide bonds. The normalized spacial score (nSPS) is 18.9. The summed E-state index contributed by atoms with van der Waals surface area (Å²) in [5, 5.41) is 0. The van der Waals surface area contributed by atoms with Gasteiger partial charge in [-0.3, -0.25) is 0 Å². The Kier molecular flexibility index (Phi) is 4.00. The predicted molar refractivity (Wildman–Crippen MR) is 69.5 cm³/mol. The van der Waals surface area contributed by atoms with Crippen LogP contribution in [-0.2, 0) is 0 Å². The molecule has 0 aliphatic heterocycles. The molecule has 1 aliphatic carbocycles. The second-order valence-electron chi connectivity index (χ2n) is 5.18. The molecule has 0 bridgehead atoms. The Bertz CT molecular complexity index is 326. The van der Waals surface area contributed by atoms with Crippen LogP contribution in [0, 0.1) is 12.8 Å². The maximum Gasteiger partial charge on any atom is -0.000803 e. The van der Waals surface area contributed by atoms with Gasteiger partial charge in [0.1, 0.15) is 0 Å². The summed E-state index contributed by atoms with van der Waals surface area (Å²) in [4.78, 5) is 0. The van der Waals surface area contributed by atoms with E-state index in [4.69, 9.17) is 5.73 Å². The monoisotopic (exact) mass is 217 g/mol. The van der Waals surface area contributed by atoms with Crippen molar-refractivity contribution in [1.29, 1.82) is 0 Å². The summed E-state index contributed by atoms with van der Waals surface area (Å²) in [5.74, 6) is 1.50. The van der Waals surface area contributed by atoms with Crippen molar-refractivity contribution in [1.82, 2.24) is 0 Å². The summed E-state index contributed by atoms with van der Waals surface area (Å²) >= 11 is 0. The molecule has 1 atom stereocenters.